The summed E-state index contributed by atoms with van der Waals surface area (Å²) in [5.74, 6) is 0. The van der Waals surface area contributed by atoms with Crippen LogP contribution in [0.15, 0.2) is 22.4 Å². The van der Waals surface area contributed by atoms with E-state index >= 15 is 0 Å². The van der Waals surface area contributed by atoms with Gasteiger partial charge in [-0.05, 0) is 29.0 Å². The summed E-state index contributed by atoms with van der Waals surface area (Å²) in [6.07, 6.45) is 0.959. The largest absolute Gasteiger partial charge is 0.392 e. The van der Waals surface area contributed by atoms with Crippen LogP contribution in [0.4, 0.5) is 0 Å². The first-order valence-corrected chi connectivity index (χ1v) is 5.86. The number of aryl methyl sites for hydroxylation is 1. The van der Waals surface area contributed by atoms with Crippen molar-refractivity contribution < 1.29 is 5.11 Å². The molecule has 2 aromatic rings. The Morgan fingerprint density at radius 1 is 1.43 bits per heavy atom. The number of hydrogen-bond donors (Lipinski definition) is 2. The summed E-state index contributed by atoms with van der Waals surface area (Å²) in [7, 11) is 0. The Hall–Kier alpha value is -0.510. The Bertz CT molecular complexity index is 460. The van der Waals surface area contributed by atoms with Crippen LogP contribution in [0, 0.1) is 0 Å². The van der Waals surface area contributed by atoms with Crippen LogP contribution >= 0.6 is 24.0 Å². The fourth-order valence-electron chi connectivity index (χ4n) is 1.72. The second-order valence-corrected chi connectivity index (χ2v) is 5.05. The van der Waals surface area contributed by atoms with Gasteiger partial charge in [0.15, 0.2) is 0 Å². The van der Waals surface area contributed by atoms with Gasteiger partial charge in [0.2, 0.25) is 0 Å². The Labute approximate surface area is 92.8 Å². The molecule has 1 nitrogen and oxygen atoms in total. The van der Waals surface area contributed by atoms with Gasteiger partial charge in [0.05, 0.1) is 10.8 Å². The standard InChI is InChI=1S/C11H12OS2/c1-2-9-8(6-12)4-3-7-5-10(13)14-11(7)9/h3-5,12-13H,2,6H2,1H3. The van der Waals surface area contributed by atoms with E-state index in [-0.39, 0.29) is 6.61 Å². The van der Waals surface area contributed by atoms with E-state index in [2.05, 4.69) is 31.7 Å². The number of benzene rings is 1. The lowest BCUT2D eigenvalue weighted by Gasteiger charge is -2.05. The Kier molecular flexibility index (Phi) is 2.81. The molecule has 0 saturated carbocycles. The highest BCUT2D eigenvalue weighted by Crippen LogP contribution is 2.33. The minimum absolute atomic E-state index is 0.124. The van der Waals surface area contributed by atoms with Crippen LogP contribution in [0.1, 0.15) is 18.1 Å². The number of thiol groups is 1. The predicted molar refractivity (Wildman–Crippen MR) is 64.4 cm³/mol. The lowest BCUT2D eigenvalue weighted by atomic mass is 10.0. The van der Waals surface area contributed by atoms with Crippen molar-refractivity contribution in [3.05, 3.63) is 29.3 Å². The average Bonchev–Trinajstić information content (AvgIpc) is 2.56. The molecule has 2 rings (SSSR count). The monoisotopic (exact) mass is 224 g/mol. The molecule has 1 aromatic carbocycles. The van der Waals surface area contributed by atoms with Crippen molar-refractivity contribution in [2.45, 2.75) is 24.2 Å². The number of aliphatic hydroxyl groups is 1. The predicted octanol–water partition coefficient (Wildman–Crippen LogP) is 3.24. The molecule has 0 fully saturated rings. The molecule has 1 aromatic heterocycles. The highest BCUT2D eigenvalue weighted by molar-refractivity contribution is 7.83. The van der Waals surface area contributed by atoms with Gasteiger partial charge in [-0.2, -0.15) is 0 Å². The molecule has 3 heteroatoms. The molecule has 14 heavy (non-hydrogen) atoms. The third-order valence-electron chi connectivity index (χ3n) is 2.40. The quantitative estimate of drug-likeness (QED) is 0.750. The molecule has 0 bridgehead atoms. The van der Waals surface area contributed by atoms with E-state index in [9.17, 15) is 5.11 Å². The molecule has 0 saturated heterocycles. The van der Waals surface area contributed by atoms with Crippen molar-refractivity contribution in [3.8, 4) is 0 Å². The lowest BCUT2D eigenvalue weighted by Crippen LogP contribution is -1.91. The normalized spacial score (nSPS) is 11.1. The summed E-state index contributed by atoms with van der Waals surface area (Å²) < 4.78 is 2.30. The van der Waals surface area contributed by atoms with Crippen LogP contribution < -0.4 is 0 Å². The minimum Gasteiger partial charge on any atom is -0.392 e. The van der Waals surface area contributed by atoms with E-state index in [1.165, 1.54) is 15.6 Å². The smallest absolute Gasteiger partial charge is 0.0685 e. The minimum atomic E-state index is 0.124. The van der Waals surface area contributed by atoms with Crippen molar-refractivity contribution >= 4 is 34.1 Å². The molecule has 0 spiro atoms. The van der Waals surface area contributed by atoms with Crippen LogP contribution in [-0.4, -0.2) is 5.11 Å². The molecule has 74 valence electrons. The van der Waals surface area contributed by atoms with E-state index in [4.69, 9.17) is 0 Å². The molecule has 0 unspecified atom stereocenters. The van der Waals surface area contributed by atoms with Crippen molar-refractivity contribution in [1.29, 1.82) is 0 Å². The van der Waals surface area contributed by atoms with Crippen LogP contribution in [-0.2, 0) is 13.0 Å². The summed E-state index contributed by atoms with van der Waals surface area (Å²) in [5, 5.41) is 10.4. The molecule has 0 amide bonds. The highest BCUT2D eigenvalue weighted by atomic mass is 32.2. The molecule has 0 aliphatic rings. The third kappa shape index (κ3) is 1.56. The summed E-state index contributed by atoms with van der Waals surface area (Å²) in [4.78, 5) is 0. The second kappa shape index (κ2) is 3.93. The molecule has 0 radical (unpaired) electrons. The zero-order chi connectivity index (χ0) is 10.1. The Morgan fingerprint density at radius 2 is 2.21 bits per heavy atom. The first-order chi connectivity index (χ1) is 6.76. The third-order valence-corrected chi connectivity index (χ3v) is 3.81. The van der Waals surface area contributed by atoms with E-state index in [1.807, 2.05) is 6.07 Å². The van der Waals surface area contributed by atoms with Crippen molar-refractivity contribution in [1.82, 2.24) is 0 Å². The van der Waals surface area contributed by atoms with Gasteiger partial charge in [0.1, 0.15) is 0 Å². The molecule has 0 aliphatic carbocycles. The van der Waals surface area contributed by atoms with Crippen LogP contribution in [0.25, 0.3) is 10.1 Å². The SMILES string of the molecule is CCc1c(CO)ccc2cc(S)sc12. The fourth-order valence-corrected chi connectivity index (χ4v) is 3.18. The van der Waals surface area contributed by atoms with E-state index in [1.54, 1.807) is 11.3 Å². The molecule has 1 heterocycles. The van der Waals surface area contributed by atoms with Crippen molar-refractivity contribution in [2.24, 2.45) is 0 Å². The zero-order valence-corrected chi connectivity index (χ0v) is 9.66. The van der Waals surface area contributed by atoms with Gasteiger partial charge in [-0.15, -0.1) is 24.0 Å². The van der Waals surface area contributed by atoms with Gasteiger partial charge in [-0.25, -0.2) is 0 Å². The first kappa shape index (κ1) is 10.0. The summed E-state index contributed by atoms with van der Waals surface area (Å²) >= 11 is 6.03. The van der Waals surface area contributed by atoms with E-state index < -0.39 is 0 Å². The topological polar surface area (TPSA) is 20.2 Å². The Morgan fingerprint density at radius 3 is 2.86 bits per heavy atom. The Balaban J connectivity index is 2.75. The number of rotatable bonds is 2. The number of aliphatic hydroxyl groups excluding tert-OH is 1. The maximum absolute atomic E-state index is 9.20. The van der Waals surface area contributed by atoms with Crippen LogP contribution in [0.2, 0.25) is 0 Å². The number of hydrogen-bond acceptors (Lipinski definition) is 3. The summed E-state index contributed by atoms with van der Waals surface area (Å²) in [6, 6.07) is 6.13. The lowest BCUT2D eigenvalue weighted by molar-refractivity contribution is 0.281. The van der Waals surface area contributed by atoms with Crippen LogP contribution in [0.3, 0.4) is 0 Å². The van der Waals surface area contributed by atoms with Gasteiger partial charge in [0.25, 0.3) is 0 Å². The van der Waals surface area contributed by atoms with Crippen LogP contribution in [0.5, 0.6) is 0 Å². The van der Waals surface area contributed by atoms with E-state index in [0.29, 0.717) is 0 Å². The fraction of sp³-hybridized carbons (Fsp3) is 0.273. The van der Waals surface area contributed by atoms with Crippen molar-refractivity contribution in [2.75, 3.05) is 0 Å². The molecule has 0 atom stereocenters. The number of fused-ring (bicyclic) bond motifs is 1. The first-order valence-electron chi connectivity index (χ1n) is 4.60. The summed E-state index contributed by atoms with van der Waals surface area (Å²) in [5.41, 5.74) is 2.30. The van der Waals surface area contributed by atoms with Gasteiger partial charge in [0, 0.05) is 4.70 Å². The molecular weight excluding hydrogens is 212 g/mol. The highest BCUT2D eigenvalue weighted by Gasteiger charge is 2.07. The van der Waals surface area contributed by atoms with Crippen molar-refractivity contribution in [3.63, 3.8) is 0 Å². The van der Waals surface area contributed by atoms with Gasteiger partial charge < -0.3 is 5.11 Å². The molecule has 1 N–H and O–H groups in total. The average molecular weight is 224 g/mol. The maximum Gasteiger partial charge on any atom is 0.0685 e. The number of thiophene rings is 1. The maximum atomic E-state index is 9.20. The van der Waals surface area contributed by atoms with Gasteiger partial charge >= 0.3 is 0 Å². The van der Waals surface area contributed by atoms with Gasteiger partial charge in [-0.3, -0.25) is 0 Å². The molecular formula is C11H12OS2. The molecule has 0 aliphatic heterocycles. The van der Waals surface area contributed by atoms with Gasteiger partial charge in [-0.1, -0.05) is 19.1 Å². The van der Waals surface area contributed by atoms with E-state index in [0.717, 1.165) is 16.2 Å². The second-order valence-electron chi connectivity index (χ2n) is 3.22. The zero-order valence-electron chi connectivity index (χ0n) is 7.95. The summed E-state index contributed by atoms with van der Waals surface area (Å²) in [6.45, 7) is 2.24.